The molecule has 0 amide bonds. The molecule has 5 nitrogen and oxygen atoms in total. The van der Waals surface area contributed by atoms with Crippen molar-refractivity contribution in [2.24, 2.45) is 0 Å². The quantitative estimate of drug-likeness (QED) is 0.602. The van der Waals surface area contributed by atoms with Crippen LogP contribution in [0.4, 0.5) is 0 Å². The maximum atomic E-state index is 11.4. The number of rotatable bonds is 4. The number of nitriles is 2. The van der Waals surface area contributed by atoms with Gasteiger partial charge in [-0.05, 0) is 13.8 Å². The Morgan fingerprint density at radius 3 is 1.85 bits per heavy atom. The average Bonchev–Trinajstić information content (AvgIpc) is 2.03. The molecule has 0 aromatic heterocycles. The Kier molecular flexibility index (Phi) is 4.39. The van der Waals surface area contributed by atoms with Crippen LogP contribution >= 0.6 is 0 Å². The first-order chi connectivity index (χ1) is 5.96. The van der Waals surface area contributed by atoms with E-state index in [-0.39, 0.29) is 13.1 Å². The van der Waals surface area contributed by atoms with E-state index in [0.717, 1.165) is 4.31 Å². The van der Waals surface area contributed by atoms with E-state index in [0.29, 0.717) is 0 Å². The van der Waals surface area contributed by atoms with Gasteiger partial charge in [-0.25, -0.2) is 8.42 Å². The van der Waals surface area contributed by atoms with E-state index < -0.39 is 15.3 Å². The molecule has 0 saturated heterocycles. The zero-order valence-corrected chi connectivity index (χ0v) is 8.37. The molecule has 0 radical (unpaired) electrons. The lowest BCUT2D eigenvalue weighted by Crippen LogP contribution is -2.36. The lowest BCUT2D eigenvalue weighted by atomic mass is 10.6. The first kappa shape index (κ1) is 11.9. The summed E-state index contributed by atoms with van der Waals surface area (Å²) in [6.07, 6.45) is 0. The first-order valence-corrected chi connectivity index (χ1v) is 5.20. The van der Waals surface area contributed by atoms with Crippen LogP contribution in [0.1, 0.15) is 13.8 Å². The smallest absolute Gasteiger partial charge is 0.212 e. The summed E-state index contributed by atoms with van der Waals surface area (Å²) in [5.41, 5.74) is 0. The zero-order valence-electron chi connectivity index (χ0n) is 7.56. The van der Waals surface area contributed by atoms with E-state index in [4.69, 9.17) is 10.5 Å². The van der Waals surface area contributed by atoms with Crippen LogP contribution in [-0.4, -0.2) is 31.1 Å². The van der Waals surface area contributed by atoms with Crippen LogP contribution < -0.4 is 0 Å². The third kappa shape index (κ3) is 3.02. The Morgan fingerprint density at radius 1 is 1.23 bits per heavy atom. The molecule has 0 aliphatic heterocycles. The van der Waals surface area contributed by atoms with Crippen molar-refractivity contribution in [1.82, 2.24) is 4.31 Å². The number of sulfonamides is 1. The van der Waals surface area contributed by atoms with Gasteiger partial charge in [0.1, 0.15) is 13.1 Å². The maximum Gasteiger partial charge on any atom is 0.218 e. The summed E-state index contributed by atoms with van der Waals surface area (Å²) in [6.45, 7) is 2.48. The predicted octanol–water partition coefficient (Wildman–Crippen LogP) is 0.0738. The summed E-state index contributed by atoms with van der Waals surface area (Å²) in [5.74, 6) is 0. The van der Waals surface area contributed by atoms with E-state index in [1.165, 1.54) is 13.8 Å². The van der Waals surface area contributed by atoms with Gasteiger partial charge in [-0.15, -0.1) is 0 Å². The third-order valence-electron chi connectivity index (χ3n) is 1.45. The Morgan fingerprint density at radius 2 is 1.62 bits per heavy atom. The fraction of sp³-hybridized carbons (Fsp3) is 0.714. The summed E-state index contributed by atoms with van der Waals surface area (Å²) in [6, 6.07) is 3.42. The molecule has 72 valence electrons. The number of hydrogen-bond acceptors (Lipinski definition) is 4. The van der Waals surface area contributed by atoms with E-state index in [2.05, 4.69) is 0 Å². The monoisotopic (exact) mass is 201 g/mol. The van der Waals surface area contributed by atoms with Crippen LogP contribution in [-0.2, 0) is 10.0 Å². The minimum absolute atomic E-state index is 0.270. The molecule has 0 heterocycles. The highest BCUT2D eigenvalue weighted by atomic mass is 32.2. The minimum Gasteiger partial charge on any atom is -0.212 e. The summed E-state index contributed by atoms with van der Waals surface area (Å²) in [4.78, 5) is 0. The summed E-state index contributed by atoms with van der Waals surface area (Å²) in [7, 11) is -3.47. The topological polar surface area (TPSA) is 85.0 Å². The Bertz CT molecular complexity index is 318. The second-order valence-electron chi connectivity index (χ2n) is 2.68. The van der Waals surface area contributed by atoms with Crippen molar-refractivity contribution < 1.29 is 8.42 Å². The van der Waals surface area contributed by atoms with Crippen LogP contribution in [0.2, 0.25) is 0 Å². The minimum atomic E-state index is -3.47. The van der Waals surface area contributed by atoms with Crippen LogP contribution in [0.5, 0.6) is 0 Å². The van der Waals surface area contributed by atoms with Crippen molar-refractivity contribution in [3.8, 4) is 12.1 Å². The fourth-order valence-corrected chi connectivity index (χ4v) is 1.76. The Labute approximate surface area is 78.2 Å². The van der Waals surface area contributed by atoms with Crippen molar-refractivity contribution in [3.05, 3.63) is 0 Å². The molecule has 0 rings (SSSR count). The lowest BCUT2D eigenvalue weighted by Gasteiger charge is -2.18. The molecular weight excluding hydrogens is 190 g/mol. The Balaban J connectivity index is 4.78. The molecule has 0 N–H and O–H groups in total. The standard InChI is InChI=1S/C7H11N3O2S/c1-7(2)13(11,12)10(5-3-8)6-4-9/h7H,5-6H2,1-2H3. The second-order valence-corrected chi connectivity index (χ2v) is 5.17. The van der Waals surface area contributed by atoms with Gasteiger partial charge in [-0.1, -0.05) is 0 Å². The van der Waals surface area contributed by atoms with Crippen LogP contribution in [0.15, 0.2) is 0 Å². The summed E-state index contributed by atoms with van der Waals surface area (Å²) < 4.78 is 23.7. The van der Waals surface area contributed by atoms with Crippen LogP contribution in [0, 0.1) is 22.7 Å². The van der Waals surface area contributed by atoms with Gasteiger partial charge in [0.25, 0.3) is 0 Å². The lowest BCUT2D eigenvalue weighted by molar-refractivity contribution is 0.472. The largest absolute Gasteiger partial charge is 0.218 e. The van der Waals surface area contributed by atoms with Crippen molar-refractivity contribution in [3.63, 3.8) is 0 Å². The van der Waals surface area contributed by atoms with Crippen molar-refractivity contribution >= 4 is 10.0 Å². The van der Waals surface area contributed by atoms with Crippen molar-refractivity contribution in [1.29, 1.82) is 10.5 Å². The third-order valence-corrected chi connectivity index (χ3v) is 3.62. The zero-order chi connectivity index (χ0) is 10.5. The summed E-state index contributed by atoms with van der Waals surface area (Å²) >= 11 is 0. The van der Waals surface area contributed by atoms with Crippen LogP contribution in [0.25, 0.3) is 0 Å². The average molecular weight is 201 g/mol. The SMILES string of the molecule is CC(C)S(=O)(=O)N(CC#N)CC#N. The molecule has 0 saturated carbocycles. The van der Waals surface area contributed by atoms with Gasteiger partial charge >= 0.3 is 0 Å². The highest BCUT2D eigenvalue weighted by molar-refractivity contribution is 7.89. The molecule has 0 aliphatic carbocycles. The number of hydrogen-bond donors (Lipinski definition) is 0. The van der Waals surface area contributed by atoms with E-state index in [9.17, 15) is 8.42 Å². The molecule has 6 heteroatoms. The number of nitrogens with zero attached hydrogens (tertiary/aromatic N) is 3. The van der Waals surface area contributed by atoms with Gasteiger partial charge in [0, 0.05) is 0 Å². The molecule has 0 aliphatic rings. The van der Waals surface area contributed by atoms with Gasteiger partial charge in [0.05, 0.1) is 17.4 Å². The second kappa shape index (κ2) is 4.80. The first-order valence-electron chi connectivity index (χ1n) is 3.69. The molecule has 13 heavy (non-hydrogen) atoms. The van der Waals surface area contributed by atoms with E-state index in [1.807, 2.05) is 0 Å². The highest BCUT2D eigenvalue weighted by Gasteiger charge is 2.24. The predicted molar refractivity (Wildman–Crippen MR) is 46.9 cm³/mol. The molecular formula is C7H11N3O2S. The highest BCUT2D eigenvalue weighted by Crippen LogP contribution is 2.06. The summed E-state index contributed by atoms with van der Waals surface area (Å²) in [5, 5.41) is 16.1. The van der Waals surface area contributed by atoms with Crippen LogP contribution in [0.3, 0.4) is 0 Å². The molecule has 0 aromatic rings. The van der Waals surface area contributed by atoms with E-state index in [1.54, 1.807) is 12.1 Å². The molecule has 0 atom stereocenters. The van der Waals surface area contributed by atoms with Crippen molar-refractivity contribution in [2.75, 3.05) is 13.1 Å². The molecule has 0 unspecified atom stereocenters. The fourth-order valence-electron chi connectivity index (χ4n) is 0.692. The Hall–Kier alpha value is -1.11. The molecule has 0 spiro atoms. The van der Waals surface area contributed by atoms with Gasteiger partial charge in [0.2, 0.25) is 10.0 Å². The molecule has 0 bridgehead atoms. The van der Waals surface area contributed by atoms with Gasteiger partial charge in [-0.2, -0.15) is 14.8 Å². The normalized spacial score (nSPS) is 11.2. The molecule has 0 aromatic carbocycles. The van der Waals surface area contributed by atoms with Gasteiger partial charge in [-0.3, -0.25) is 0 Å². The molecule has 0 fully saturated rings. The van der Waals surface area contributed by atoms with Gasteiger partial charge in [0.15, 0.2) is 0 Å². The maximum absolute atomic E-state index is 11.4. The van der Waals surface area contributed by atoms with E-state index >= 15 is 0 Å². The van der Waals surface area contributed by atoms with Crippen molar-refractivity contribution in [2.45, 2.75) is 19.1 Å². The van der Waals surface area contributed by atoms with Gasteiger partial charge < -0.3 is 0 Å².